The molecule has 2 N–H and O–H groups in total. The van der Waals surface area contributed by atoms with Crippen molar-refractivity contribution in [3.8, 4) is 0 Å². The SMILES string of the molecule is CC(C)=CC(N)c1csnn1. The van der Waals surface area contributed by atoms with Gasteiger partial charge in [-0.25, -0.2) is 0 Å². The molecule has 11 heavy (non-hydrogen) atoms. The van der Waals surface area contributed by atoms with Crippen molar-refractivity contribution in [1.82, 2.24) is 9.59 Å². The third kappa shape index (κ3) is 2.40. The number of rotatable bonds is 2. The summed E-state index contributed by atoms with van der Waals surface area (Å²) in [4.78, 5) is 0. The summed E-state index contributed by atoms with van der Waals surface area (Å²) in [5.41, 5.74) is 7.81. The van der Waals surface area contributed by atoms with Crippen LogP contribution in [-0.2, 0) is 0 Å². The maximum Gasteiger partial charge on any atom is 0.0961 e. The summed E-state index contributed by atoms with van der Waals surface area (Å²) in [6, 6.07) is -0.0984. The molecule has 1 atom stereocenters. The highest BCUT2D eigenvalue weighted by Crippen LogP contribution is 2.10. The van der Waals surface area contributed by atoms with Gasteiger partial charge in [0.05, 0.1) is 11.7 Å². The fourth-order valence-electron chi connectivity index (χ4n) is 0.762. The predicted molar refractivity (Wildman–Crippen MR) is 46.3 cm³/mol. The van der Waals surface area contributed by atoms with E-state index in [0.717, 1.165) is 5.69 Å². The van der Waals surface area contributed by atoms with Crippen LogP contribution in [0, 0.1) is 0 Å². The van der Waals surface area contributed by atoms with Crippen molar-refractivity contribution in [1.29, 1.82) is 0 Å². The van der Waals surface area contributed by atoms with Gasteiger partial charge in [0.2, 0.25) is 0 Å². The van der Waals surface area contributed by atoms with Gasteiger partial charge < -0.3 is 5.73 Å². The molecule has 0 aromatic carbocycles. The van der Waals surface area contributed by atoms with Crippen molar-refractivity contribution in [3.63, 3.8) is 0 Å². The number of nitrogens with zero attached hydrogens (tertiary/aromatic N) is 2. The lowest BCUT2D eigenvalue weighted by atomic mass is 10.2. The molecule has 1 aromatic rings. The summed E-state index contributed by atoms with van der Waals surface area (Å²) in [5, 5.41) is 5.73. The van der Waals surface area contributed by atoms with Crippen LogP contribution in [0.15, 0.2) is 17.0 Å². The van der Waals surface area contributed by atoms with Gasteiger partial charge in [-0.3, -0.25) is 0 Å². The topological polar surface area (TPSA) is 51.8 Å². The van der Waals surface area contributed by atoms with E-state index in [9.17, 15) is 0 Å². The molecule has 0 aliphatic rings. The Labute approximate surface area is 70.1 Å². The maximum absolute atomic E-state index is 5.77. The van der Waals surface area contributed by atoms with Gasteiger partial charge in [-0.05, 0) is 25.4 Å². The average molecular weight is 169 g/mol. The number of aromatic nitrogens is 2. The molecule has 0 amide bonds. The molecular formula is C7H11N3S. The fraction of sp³-hybridized carbons (Fsp3) is 0.429. The Morgan fingerprint density at radius 3 is 2.91 bits per heavy atom. The van der Waals surface area contributed by atoms with Crippen molar-refractivity contribution >= 4 is 11.5 Å². The highest BCUT2D eigenvalue weighted by molar-refractivity contribution is 7.03. The van der Waals surface area contributed by atoms with E-state index in [4.69, 9.17) is 5.73 Å². The smallest absolute Gasteiger partial charge is 0.0961 e. The van der Waals surface area contributed by atoms with Crippen molar-refractivity contribution < 1.29 is 0 Å². The van der Waals surface area contributed by atoms with Gasteiger partial charge in [-0.15, -0.1) is 5.10 Å². The van der Waals surface area contributed by atoms with E-state index in [0.29, 0.717) is 0 Å². The molecule has 1 unspecified atom stereocenters. The van der Waals surface area contributed by atoms with E-state index in [2.05, 4.69) is 9.59 Å². The van der Waals surface area contributed by atoms with Gasteiger partial charge in [0.1, 0.15) is 0 Å². The summed E-state index contributed by atoms with van der Waals surface area (Å²) in [7, 11) is 0. The Balaban J connectivity index is 2.71. The number of allylic oxidation sites excluding steroid dienone is 1. The van der Waals surface area contributed by atoms with Crippen LogP contribution in [0.1, 0.15) is 25.6 Å². The molecule has 0 aliphatic heterocycles. The first kappa shape index (κ1) is 8.36. The van der Waals surface area contributed by atoms with Crippen LogP contribution in [0.4, 0.5) is 0 Å². The monoisotopic (exact) mass is 169 g/mol. The molecule has 0 spiro atoms. The van der Waals surface area contributed by atoms with Crippen LogP contribution in [-0.4, -0.2) is 9.59 Å². The zero-order valence-electron chi connectivity index (χ0n) is 6.61. The zero-order valence-corrected chi connectivity index (χ0v) is 7.43. The minimum Gasteiger partial charge on any atom is -0.319 e. The van der Waals surface area contributed by atoms with Gasteiger partial charge >= 0.3 is 0 Å². The summed E-state index contributed by atoms with van der Waals surface area (Å²) in [5.74, 6) is 0. The van der Waals surface area contributed by atoms with Gasteiger partial charge in [-0.1, -0.05) is 16.1 Å². The summed E-state index contributed by atoms with van der Waals surface area (Å²) < 4.78 is 3.73. The molecule has 1 aromatic heterocycles. The van der Waals surface area contributed by atoms with Gasteiger partial charge in [0, 0.05) is 5.38 Å². The normalized spacial score (nSPS) is 12.6. The lowest BCUT2D eigenvalue weighted by Gasteiger charge is -2.00. The minimum absolute atomic E-state index is 0.0984. The van der Waals surface area contributed by atoms with E-state index in [1.54, 1.807) is 0 Å². The van der Waals surface area contributed by atoms with E-state index in [-0.39, 0.29) is 6.04 Å². The van der Waals surface area contributed by atoms with Gasteiger partial charge in [0.15, 0.2) is 0 Å². The predicted octanol–water partition coefficient (Wildman–Crippen LogP) is 1.50. The third-order valence-electron chi connectivity index (χ3n) is 1.23. The van der Waals surface area contributed by atoms with E-state index < -0.39 is 0 Å². The van der Waals surface area contributed by atoms with E-state index in [1.165, 1.54) is 17.1 Å². The average Bonchev–Trinajstić information content (AvgIpc) is 2.35. The second-order valence-electron chi connectivity index (χ2n) is 2.60. The van der Waals surface area contributed by atoms with Crippen molar-refractivity contribution in [2.45, 2.75) is 19.9 Å². The van der Waals surface area contributed by atoms with E-state index in [1.807, 2.05) is 25.3 Å². The Hall–Kier alpha value is -0.740. The first-order valence-electron chi connectivity index (χ1n) is 3.37. The summed E-state index contributed by atoms with van der Waals surface area (Å²) in [6.45, 7) is 4.03. The number of nitrogens with two attached hydrogens (primary N) is 1. The van der Waals surface area contributed by atoms with Crippen molar-refractivity contribution in [2.24, 2.45) is 5.73 Å². The molecule has 0 saturated carbocycles. The first-order chi connectivity index (χ1) is 5.20. The van der Waals surface area contributed by atoms with Crippen LogP contribution < -0.4 is 5.73 Å². The second kappa shape index (κ2) is 3.59. The summed E-state index contributed by atoms with van der Waals surface area (Å²) in [6.07, 6.45) is 1.97. The standard InChI is InChI=1S/C7H11N3S/c1-5(2)3-6(8)7-4-11-10-9-7/h3-4,6H,8H2,1-2H3. The highest BCUT2D eigenvalue weighted by Gasteiger charge is 2.03. The van der Waals surface area contributed by atoms with Crippen LogP contribution in [0.25, 0.3) is 0 Å². The lowest BCUT2D eigenvalue weighted by Crippen LogP contribution is -2.07. The first-order valence-corrected chi connectivity index (χ1v) is 4.21. The molecule has 0 aliphatic carbocycles. The van der Waals surface area contributed by atoms with Crippen molar-refractivity contribution in [3.05, 3.63) is 22.7 Å². The molecule has 0 saturated heterocycles. The molecule has 1 rings (SSSR count). The minimum atomic E-state index is -0.0984. The molecule has 1 heterocycles. The molecular weight excluding hydrogens is 158 g/mol. The van der Waals surface area contributed by atoms with Crippen LogP contribution in [0.5, 0.6) is 0 Å². The molecule has 0 radical (unpaired) electrons. The van der Waals surface area contributed by atoms with E-state index >= 15 is 0 Å². The quantitative estimate of drug-likeness (QED) is 0.683. The second-order valence-corrected chi connectivity index (χ2v) is 3.21. The van der Waals surface area contributed by atoms with Gasteiger partial charge in [-0.2, -0.15) is 0 Å². The Morgan fingerprint density at radius 2 is 2.45 bits per heavy atom. The maximum atomic E-state index is 5.77. The molecule has 3 nitrogen and oxygen atoms in total. The molecule has 0 bridgehead atoms. The van der Waals surface area contributed by atoms with Crippen molar-refractivity contribution in [2.75, 3.05) is 0 Å². The zero-order chi connectivity index (χ0) is 8.27. The van der Waals surface area contributed by atoms with Gasteiger partial charge in [0.25, 0.3) is 0 Å². The Kier molecular flexibility index (Phi) is 2.73. The number of hydrogen-bond donors (Lipinski definition) is 1. The van der Waals surface area contributed by atoms with Crippen LogP contribution >= 0.6 is 11.5 Å². The highest BCUT2D eigenvalue weighted by atomic mass is 32.1. The van der Waals surface area contributed by atoms with Crippen LogP contribution in [0.3, 0.4) is 0 Å². The fourth-order valence-corrected chi connectivity index (χ4v) is 1.26. The molecule has 60 valence electrons. The Bertz CT molecular complexity index is 236. The largest absolute Gasteiger partial charge is 0.319 e. The third-order valence-corrected chi connectivity index (χ3v) is 1.75. The molecule has 0 fully saturated rings. The Morgan fingerprint density at radius 1 is 1.73 bits per heavy atom. The van der Waals surface area contributed by atoms with Crippen LogP contribution in [0.2, 0.25) is 0 Å². The molecule has 4 heteroatoms. The summed E-state index contributed by atoms with van der Waals surface area (Å²) >= 11 is 1.32. The lowest BCUT2D eigenvalue weighted by molar-refractivity contribution is 0.840. The number of hydrogen-bond acceptors (Lipinski definition) is 4.